The van der Waals surface area contributed by atoms with Crippen molar-refractivity contribution in [3.8, 4) is 6.07 Å². The van der Waals surface area contributed by atoms with Gasteiger partial charge in [-0.1, -0.05) is 0 Å². The number of nitrogen functional groups attached to an aromatic ring is 1. The van der Waals surface area contributed by atoms with E-state index in [1.807, 2.05) is 24.9 Å². The summed E-state index contributed by atoms with van der Waals surface area (Å²) in [7, 11) is 1.94. The molecule has 1 aromatic heterocycles. The maximum atomic E-state index is 8.56. The van der Waals surface area contributed by atoms with Crippen molar-refractivity contribution in [2.24, 2.45) is 0 Å². The van der Waals surface area contributed by atoms with Gasteiger partial charge in [0.1, 0.15) is 5.82 Å². The first-order chi connectivity index (χ1) is 6.65. The molecule has 0 saturated heterocycles. The summed E-state index contributed by atoms with van der Waals surface area (Å²) >= 11 is 0. The van der Waals surface area contributed by atoms with Crippen LogP contribution in [0.5, 0.6) is 0 Å². The van der Waals surface area contributed by atoms with Gasteiger partial charge in [0.2, 0.25) is 0 Å². The molecule has 0 aliphatic rings. The van der Waals surface area contributed by atoms with E-state index in [2.05, 4.69) is 11.1 Å². The average Bonchev–Trinajstić information content (AvgIpc) is 2.18. The molecular weight excluding hydrogens is 176 g/mol. The Bertz CT molecular complexity index is 325. The van der Waals surface area contributed by atoms with Crippen molar-refractivity contribution in [1.82, 2.24) is 4.98 Å². The Morgan fingerprint density at radius 3 is 2.86 bits per heavy atom. The first kappa shape index (κ1) is 10.3. The molecule has 4 heteroatoms. The Labute approximate surface area is 84.0 Å². The number of anilines is 2. The maximum Gasteiger partial charge on any atom is 0.123 e. The number of hydrogen-bond acceptors (Lipinski definition) is 4. The zero-order chi connectivity index (χ0) is 10.6. The Kier molecular flexibility index (Phi) is 3.29. The van der Waals surface area contributed by atoms with E-state index in [4.69, 9.17) is 11.0 Å². The molecule has 1 unspecified atom stereocenters. The molecule has 1 aromatic rings. The van der Waals surface area contributed by atoms with Gasteiger partial charge >= 0.3 is 0 Å². The quantitative estimate of drug-likeness (QED) is 0.782. The van der Waals surface area contributed by atoms with E-state index in [0.717, 1.165) is 5.69 Å². The minimum Gasteiger partial charge on any atom is -0.384 e. The van der Waals surface area contributed by atoms with Gasteiger partial charge in [0.25, 0.3) is 0 Å². The van der Waals surface area contributed by atoms with Crippen LogP contribution in [0.3, 0.4) is 0 Å². The van der Waals surface area contributed by atoms with Crippen LogP contribution in [0.25, 0.3) is 0 Å². The van der Waals surface area contributed by atoms with Crippen molar-refractivity contribution in [3.63, 3.8) is 0 Å². The minimum absolute atomic E-state index is 0.186. The van der Waals surface area contributed by atoms with Crippen LogP contribution in [0.15, 0.2) is 18.3 Å². The zero-order valence-corrected chi connectivity index (χ0v) is 8.44. The fourth-order valence-corrected chi connectivity index (χ4v) is 1.13. The number of nitrogens with zero attached hydrogens (tertiary/aromatic N) is 3. The molecule has 0 bridgehead atoms. The van der Waals surface area contributed by atoms with Gasteiger partial charge in [0.05, 0.1) is 24.4 Å². The van der Waals surface area contributed by atoms with Gasteiger partial charge in [0.15, 0.2) is 0 Å². The molecule has 0 fully saturated rings. The highest BCUT2D eigenvalue weighted by atomic mass is 15.1. The smallest absolute Gasteiger partial charge is 0.123 e. The summed E-state index contributed by atoms with van der Waals surface area (Å²) < 4.78 is 0. The van der Waals surface area contributed by atoms with E-state index >= 15 is 0 Å². The van der Waals surface area contributed by atoms with Crippen LogP contribution in [0.1, 0.15) is 13.3 Å². The standard InChI is InChI=1S/C10H14N4/c1-8(5-6-11)14(2)9-3-4-10(12)13-7-9/h3-4,7-8H,5H2,1-2H3,(H2,12,13). The minimum atomic E-state index is 0.186. The maximum absolute atomic E-state index is 8.56. The molecular formula is C10H14N4. The largest absolute Gasteiger partial charge is 0.384 e. The second-order valence-corrected chi connectivity index (χ2v) is 3.26. The molecule has 0 saturated carbocycles. The summed E-state index contributed by atoms with van der Waals surface area (Å²) in [6, 6.07) is 5.98. The summed E-state index contributed by atoms with van der Waals surface area (Å²) in [5.74, 6) is 0.509. The molecule has 14 heavy (non-hydrogen) atoms. The summed E-state index contributed by atoms with van der Waals surface area (Å²) in [5, 5.41) is 8.56. The van der Waals surface area contributed by atoms with Crippen LogP contribution in [0.2, 0.25) is 0 Å². The van der Waals surface area contributed by atoms with E-state index in [9.17, 15) is 0 Å². The SMILES string of the molecule is CC(CC#N)N(C)c1ccc(N)nc1. The van der Waals surface area contributed by atoms with Crippen molar-refractivity contribution in [1.29, 1.82) is 5.26 Å². The van der Waals surface area contributed by atoms with E-state index in [1.54, 1.807) is 12.3 Å². The van der Waals surface area contributed by atoms with E-state index in [1.165, 1.54) is 0 Å². The van der Waals surface area contributed by atoms with Crippen LogP contribution in [0, 0.1) is 11.3 Å². The number of pyridine rings is 1. The highest BCUT2D eigenvalue weighted by Crippen LogP contribution is 2.15. The first-order valence-corrected chi connectivity index (χ1v) is 4.46. The Balaban J connectivity index is 2.74. The molecule has 0 aliphatic carbocycles. The lowest BCUT2D eigenvalue weighted by Gasteiger charge is -2.24. The van der Waals surface area contributed by atoms with Gasteiger partial charge in [-0.05, 0) is 19.1 Å². The predicted molar refractivity (Wildman–Crippen MR) is 56.7 cm³/mol. The van der Waals surface area contributed by atoms with Gasteiger partial charge in [-0.15, -0.1) is 0 Å². The van der Waals surface area contributed by atoms with Crippen molar-refractivity contribution in [2.75, 3.05) is 17.7 Å². The van der Waals surface area contributed by atoms with Crippen molar-refractivity contribution >= 4 is 11.5 Å². The Morgan fingerprint density at radius 1 is 1.64 bits per heavy atom. The number of hydrogen-bond donors (Lipinski definition) is 1. The summed E-state index contributed by atoms with van der Waals surface area (Å²) in [6.07, 6.45) is 2.21. The number of aromatic nitrogens is 1. The Morgan fingerprint density at radius 2 is 2.36 bits per heavy atom. The van der Waals surface area contributed by atoms with Crippen LogP contribution in [0.4, 0.5) is 11.5 Å². The Hall–Kier alpha value is -1.76. The average molecular weight is 190 g/mol. The lowest BCUT2D eigenvalue weighted by Crippen LogP contribution is -2.28. The monoisotopic (exact) mass is 190 g/mol. The fourth-order valence-electron chi connectivity index (χ4n) is 1.13. The van der Waals surface area contributed by atoms with E-state index in [-0.39, 0.29) is 6.04 Å². The second-order valence-electron chi connectivity index (χ2n) is 3.26. The predicted octanol–water partition coefficient (Wildman–Crippen LogP) is 1.40. The lowest BCUT2D eigenvalue weighted by atomic mass is 10.2. The molecule has 0 spiro atoms. The van der Waals surface area contributed by atoms with E-state index < -0.39 is 0 Å². The van der Waals surface area contributed by atoms with Gasteiger partial charge in [0, 0.05) is 13.1 Å². The molecule has 1 heterocycles. The zero-order valence-electron chi connectivity index (χ0n) is 8.44. The highest BCUT2D eigenvalue weighted by Gasteiger charge is 2.09. The van der Waals surface area contributed by atoms with Crippen LogP contribution < -0.4 is 10.6 Å². The third-order valence-corrected chi connectivity index (χ3v) is 2.23. The first-order valence-electron chi connectivity index (χ1n) is 4.46. The number of nitrogens with two attached hydrogens (primary N) is 1. The molecule has 0 radical (unpaired) electrons. The molecule has 4 nitrogen and oxygen atoms in total. The van der Waals surface area contributed by atoms with Crippen molar-refractivity contribution in [2.45, 2.75) is 19.4 Å². The van der Waals surface area contributed by atoms with E-state index in [0.29, 0.717) is 12.2 Å². The molecule has 0 aliphatic heterocycles. The summed E-state index contributed by atoms with van der Waals surface area (Å²) in [4.78, 5) is 6.01. The third-order valence-electron chi connectivity index (χ3n) is 2.23. The van der Waals surface area contributed by atoms with Crippen LogP contribution in [-0.4, -0.2) is 18.1 Å². The molecule has 1 atom stereocenters. The fraction of sp³-hybridized carbons (Fsp3) is 0.400. The van der Waals surface area contributed by atoms with Crippen molar-refractivity contribution in [3.05, 3.63) is 18.3 Å². The van der Waals surface area contributed by atoms with Gasteiger partial charge in [-0.25, -0.2) is 4.98 Å². The van der Waals surface area contributed by atoms with Gasteiger partial charge in [-0.3, -0.25) is 0 Å². The number of nitriles is 1. The van der Waals surface area contributed by atoms with Gasteiger partial charge < -0.3 is 10.6 Å². The second kappa shape index (κ2) is 4.47. The molecule has 0 aromatic carbocycles. The summed E-state index contributed by atoms with van der Waals surface area (Å²) in [6.45, 7) is 2.00. The molecule has 0 amide bonds. The topological polar surface area (TPSA) is 65.9 Å². The van der Waals surface area contributed by atoms with Gasteiger partial charge in [-0.2, -0.15) is 5.26 Å². The highest BCUT2D eigenvalue weighted by molar-refractivity contribution is 5.48. The summed E-state index contributed by atoms with van der Waals surface area (Å²) in [5.41, 5.74) is 6.45. The molecule has 74 valence electrons. The lowest BCUT2D eigenvalue weighted by molar-refractivity contribution is 0.701. The number of rotatable bonds is 3. The molecule has 2 N–H and O–H groups in total. The third kappa shape index (κ3) is 2.36. The van der Waals surface area contributed by atoms with Crippen LogP contribution in [-0.2, 0) is 0 Å². The molecule has 1 rings (SSSR count). The van der Waals surface area contributed by atoms with Crippen molar-refractivity contribution < 1.29 is 0 Å². The normalized spacial score (nSPS) is 11.8. The van der Waals surface area contributed by atoms with Crippen LogP contribution >= 0.6 is 0 Å².